The van der Waals surface area contributed by atoms with Crippen LogP contribution in [0.2, 0.25) is 0 Å². The molecule has 0 fully saturated rings. The zero-order valence-corrected chi connectivity index (χ0v) is 8.52. The molecule has 0 amide bonds. The van der Waals surface area contributed by atoms with E-state index in [0.29, 0.717) is 12.2 Å². The summed E-state index contributed by atoms with van der Waals surface area (Å²) in [5.41, 5.74) is 0.583. The quantitative estimate of drug-likeness (QED) is 0.750. The maximum atomic E-state index is 8.65. The fourth-order valence-corrected chi connectivity index (χ4v) is 1.98. The number of nitrogens with zero attached hydrogens (tertiary/aromatic N) is 1. The minimum atomic E-state index is -0.117. The summed E-state index contributed by atoms with van der Waals surface area (Å²) in [5.74, 6) is 5.03. The first kappa shape index (κ1) is 10.2. The van der Waals surface area contributed by atoms with Gasteiger partial charge in [0.1, 0.15) is 6.07 Å². The molecule has 0 saturated heterocycles. The summed E-state index contributed by atoms with van der Waals surface area (Å²) in [6, 6.07) is 3.98. The molecule has 0 unspecified atom stereocenters. The molecule has 1 rings (SSSR count). The van der Waals surface area contributed by atoms with E-state index in [2.05, 4.69) is 10.9 Å². The van der Waals surface area contributed by atoms with Crippen molar-refractivity contribution in [2.75, 3.05) is 6.61 Å². The van der Waals surface area contributed by atoms with Gasteiger partial charge in [0, 0.05) is 15.7 Å². The van der Waals surface area contributed by atoms with Crippen molar-refractivity contribution in [3.63, 3.8) is 0 Å². The summed E-state index contributed by atoms with van der Waals surface area (Å²) >= 11 is 1.56. The van der Waals surface area contributed by atoms with Crippen molar-refractivity contribution in [2.45, 2.75) is 19.3 Å². The lowest BCUT2D eigenvalue weighted by molar-refractivity contribution is 0.0976. The van der Waals surface area contributed by atoms with Gasteiger partial charge >= 0.3 is 0 Å². The Morgan fingerprint density at radius 3 is 2.85 bits per heavy atom. The minimum Gasteiger partial charge on any atom is -0.304 e. The highest BCUT2D eigenvalue weighted by molar-refractivity contribution is 7.10. The van der Waals surface area contributed by atoms with E-state index in [1.54, 1.807) is 11.3 Å². The van der Waals surface area contributed by atoms with E-state index in [1.165, 1.54) is 0 Å². The van der Waals surface area contributed by atoms with Crippen LogP contribution in [0.15, 0.2) is 11.4 Å². The number of hydrogen-bond donors (Lipinski definition) is 1. The van der Waals surface area contributed by atoms with E-state index in [-0.39, 0.29) is 5.41 Å². The van der Waals surface area contributed by atoms with Crippen molar-refractivity contribution < 1.29 is 4.84 Å². The molecule has 0 aliphatic carbocycles. The summed E-state index contributed by atoms with van der Waals surface area (Å²) < 4.78 is 0. The molecule has 0 spiro atoms. The van der Waals surface area contributed by atoms with Crippen LogP contribution in [0.5, 0.6) is 0 Å². The molecular weight excluding hydrogens is 184 g/mol. The van der Waals surface area contributed by atoms with E-state index < -0.39 is 0 Å². The Morgan fingerprint density at radius 2 is 2.38 bits per heavy atom. The smallest absolute Gasteiger partial charge is 0.100 e. The highest BCUT2D eigenvalue weighted by Gasteiger charge is 2.22. The number of rotatable bonds is 3. The third-order valence-corrected chi connectivity index (χ3v) is 3.14. The predicted molar refractivity (Wildman–Crippen MR) is 52.2 cm³/mol. The number of nitrogens with two attached hydrogens (primary N) is 1. The molecule has 0 bridgehead atoms. The van der Waals surface area contributed by atoms with Gasteiger partial charge in [-0.05, 0) is 6.07 Å². The Kier molecular flexibility index (Phi) is 3.04. The molecular formula is C9H12N2OS. The summed E-state index contributed by atoms with van der Waals surface area (Å²) in [5, 5.41) is 10.5. The van der Waals surface area contributed by atoms with Crippen LogP contribution in [0, 0.1) is 11.3 Å². The normalized spacial score (nSPS) is 11.2. The third-order valence-electron chi connectivity index (χ3n) is 1.84. The van der Waals surface area contributed by atoms with Gasteiger partial charge in [-0.15, -0.1) is 11.3 Å². The van der Waals surface area contributed by atoms with Crippen LogP contribution in [-0.4, -0.2) is 6.61 Å². The molecule has 0 atom stereocenters. The van der Waals surface area contributed by atoms with Gasteiger partial charge in [-0.3, -0.25) is 0 Å². The molecule has 0 saturated carbocycles. The Morgan fingerprint density at radius 1 is 1.69 bits per heavy atom. The Labute approximate surface area is 81.7 Å². The molecule has 0 aromatic carbocycles. The van der Waals surface area contributed by atoms with Crippen LogP contribution in [0.3, 0.4) is 0 Å². The molecule has 1 aromatic heterocycles. The van der Waals surface area contributed by atoms with Gasteiger partial charge in [0.25, 0.3) is 0 Å². The van der Waals surface area contributed by atoms with Crippen molar-refractivity contribution in [3.05, 3.63) is 21.9 Å². The fourth-order valence-electron chi connectivity index (χ4n) is 1.03. The zero-order chi connectivity index (χ0) is 9.90. The first-order valence-electron chi connectivity index (χ1n) is 3.91. The van der Waals surface area contributed by atoms with Gasteiger partial charge in [0.2, 0.25) is 0 Å². The molecule has 1 heterocycles. The van der Waals surface area contributed by atoms with Crippen molar-refractivity contribution in [3.8, 4) is 6.07 Å². The largest absolute Gasteiger partial charge is 0.304 e. The molecule has 3 nitrogen and oxygen atoms in total. The molecule has 13 heavy (non-hydrogen) atoms. The summed E-state index contributed by atoms with van der Waals surface area (Å²) in [4.78, 5) is 5.75. The van der Waals surface area contributed by atoms with Crippen molar-refractivity contribution >= 4 is 11.3 Å². The van der Waals surface area contributed by atoms with Gasteiger partial charge in [0.15, 0.2) is 0 Å². The Hall–Kier alpha value is -0.890. The molecule has 4 heteroatoms. The van der Waals surface area contributed by atoms with Gasteiger partial charge in [-0.25, -0.2) is 5.90 Å². The number of hydrogen-bond acceptors (Lipinski definition) is 4. The maximum Gasteiger partial charge on any atom is 0.100 e. The number of nitriles is 1. The lowest BCUT2D eigenvalue weighted by Gasteiger charge is -2.20. The Bertz CT molecular complexity index is 325. The third kappa shape index (κ3) is 2.28. The summed E-state index contributed by atoms with van der Waals surface area (Å²) in [6.45, 7) is 4.53. The topological polar surface area (TPSA) is 59.0 Å². The van der Waals surface area contributed by atoms with Crippen LogP contribution in [0.1, 0.15) is 24.3 Å². The molecule has 1 aromatic rings. The number of thiophene rings is 1. The van der Waals surface area contributed by atoms with Crippen molar-refractivity contribution in [1.29, 1.82) is 5.26 Å². The van der Waals surface area contributed by atoms with Crippen LogP contribution in [0.4, 0.5) is 0 Å². The van der Waals surface area contributed by atoms with E-state index in [1.807, 2.05) is 25.3 Å². The second-order valence-electron chi connectivity index (χ2n) is 3.51. The lowest BCUT2D eigenvalue weighted by atomic mass is 9.92. The predicted octanol–water partition coefficient (Wildman–Crippen LogP) is 1.79. The molecule has 0 radical (unpaired) electrons. The SMILES string of the molecule is CC(C)(CON)c1cc(C#N)cs1. The maximum absolute atomic E-state index is 8.65. The van der Waals surface area contributed by atoms with E-state index in [0.717, 1.165) is 4.88 Å². The minimum absolute atomic E-state index is 0.117. The molecule has 70 valence electrons. The first-order valence-corrected chi connectivity index (χ1v) is 4.79. The van der Waals surface area contributed by atoms with Crippen molar-refractivity contribution in [2.24, 2.45) is 5.90 Å². The Balaban J connectivity index is 2.88. The second-order valence-corrected chi connectivity index (χ2v) is 4.42. The van der Waals surface area contributed by atoms with Crippen LogP contribution < -0.4 is 5.90 Å². The molecule has 0 aliphatic rings. The van der Waals surface area contributed by atoms with E-state index in [4.69, 9.17) is 11.2 Å². The van der Waals surface area contributed by atoms with Crippen LogP contribution in [-0.2, 0) is 10.3 Å². The molecule has 0 aliphatic heterocycles. The zero-order valence-electron chi connectivity index (χ0n) is 7.70. The average Bonchev–Trinajstić information content (AvgIpc) is 2.52. The summed E-state index contributed by atoms with van der Waals surface area (Å²) in [7, 11) is 0. The van der Waals surface area contributed by atoms with Gasteiger partial charge in [0.05, 0.1) is 12.2 Å². The van der Waals surface area contributed by atoms with E-state index >= 15 is 0 Å². The fraction of sp³-hybridized carbons (Fsp3) is 0.444. The van der Waals surface area contributed by atoms with E-state index in [9.17, 15) is 0 Å². The standard InChI is InChI=1S/C9H12N2OS/c1-9(2,6-12-11)8-3-7(4-10)5-13-8/h3,5H,6,11H2,1-2H3. The second kappa shape index (κ2) is 3.88. The first-order chi connectivity index (χ1) is 6.10. The lowest BCUT2D eigenvalue weighted by Crippen LogP contribution is -2.25. The summed E-state index contributed by atoms with van der Waals surface area (Å²) in [6.07, 6.45) is 0. The molecule has 2 N–H and O–H groups in total. The van der Waals surface area contributed by atoms with Gasteiger partial charge in [-0.2, -0.15) is 5.26 Å². The van der Waals surface area contributed by atoms with Gasteiger partial charge < -0.3 is 4.84 Å². The highest BCUT2D eigenvalue weighted by Crippen LogP contribution is 2.29. The average molecular weight is 196 g/mol. The van der Waals surface area contributed by atoms with Crippen molar-refractivity contribution in [1.82, 2.24) is 0 Å². The van der Waals surface area contributed by atoms with Gasteiger partial charge in [-0.1, -0.05) is 13.8 Å². The monoisotopic (exact) mass is 196 g/mol. The van der Waals surface area contributed by atoms with Crippen LogP contribution in [0.25, 0.3) is 0 Å². The highest BCUT2D eigenvalue weighted by atomic mass is 32.1. The van der Waals surface area contributed by atoms with Crippen LogP contribution >= 0.6 is 11.3 Å².